The Bertz CT molecular complexity index is 1100. The molecule has 0 unspecified atom stereocenters. The van der Waals surface area contributed by atoms with Crippen molar-refractivity contribution in [2.24, 2.45) is 0 Å². The van der Waals surface area contributed by atoms with Gasteiger partial charge in [-0.15, -0.1) is 0 Å². The van der Waals surface area contributed by atoms with E-state index in [4.69, 9.17) is 0 Å². The summed E-state index contributed by atoms with van der Waals surface area (Å²) in [5.41, 5.74) is -1.45. The fraction of sp³-hybridized carbons (Fsp3) is 0.143. The third-order valence-electron chi connectivity index (χ3n) is 3.94. The van der Waals surface area contributed by atoms with Crippen LogP contribution in [-0.2, 0) is 20.2 Å². The summed E-state index contributed by atoms with van der Waals surface area (Å²) in [6.45, 7) is 0. The first-order valence-corrected chi connectivity index (χ1v) is 10.1. The lowest BCUT2D eigenvalue weighted by molar-refractivity contribution is -0.428. The summed E-state index contributed by atoms with van der Waals surface area (Å²) >= 11 is 0. The van der Waals surface area contributed by atoms with Crippen LogP contribution in [0, 0.1) is 20.2 Å². The van der Waals surface area contributed by atoms with Gasteiger partial charge in [-0.3, -0.25) is 29.3 Å². The predicted molar refractivity (Wildman–Crippen MR) is 95.7 cm³/mol. The Hall–Kier alpha value is -2.94. The Morgan fingerprint density at radius 2 is 1.43 bits per heavy atom. The summed E-state index contributed by atoms with van der Waals surface area (Å²) in [5, 5.41) is 21.6. The Labute approximate surface area is 158 Å². The van der Waals surface area contributed by atoms with Gasteiger partial charge in [-0.1, -0.05) is 12.2 Å². The number of hydrogen-bond acceptors (Lipinski definition) is 8. The fourth-order valence-corrected chi connectivity index (χ4v) is 5.12. The van der Waals surface area contributed by atoms with Gasteiger partial charge in [0.05, 0.1) is 16.3 Å². The quantitative estimate of drug-likeness (QED) is 0.378. The molecule has 28 heavy (non-hydrogen) atoms. The van der Waals surface area contributed by atoms with Crippen LogP contribution in [0.1, 0.15) is 12.0 Å². The number of nitro benzene ring substituents is 1. The van der Waals surface area contributed by atoms with Gasteiger partial charge in [0.2, 0.25) is 5.70 Å². The number of allylic oxidation sites excluding steroid dienone is 4. The highest BCUT2D eigenvalue weighted by Gasteiger charge is 2.60. The van der Waals surface area contributed by atoms with E-state index in [0.717, 1.165) is 36.4 Å². The number of nitrogens with zero attached hydrogens (tertiary/aromatic N) is 2. The summed E-state index contributed by atoms with van der Waals surface area (Å²) in [7, 11) is -11.2. The number of non-ortho nitro benzene ring substituents is 1. The van der Waals surface area contributed by atoms with Crippen LogP contribution in [0.2, 0.25) is 0 Å². The maximum absolute atomic E-state index is 11.9. The third kappa shape index (κ3) is 3.84. The minimum Gasteiger partial charge on any atom is -0.284 e. The van der Waals surface area contributed by atoms with Crippen LogP contribution in [0.3, 0.4) is 0 Å². The summed E-state index contributed by atoms with van der Waals surface area (Å²) in [6.07, 6.45) is 2.35. The first-order chi connectivity index (χ1) is 12.8. The molecule has 150 valence electrons. The molecule has 0 saturated carbocycles. The number of benzene rings is 1. The molecule has 1 aliphatic carbocycles. The molecule has 1 aromatic rings. The number of hydrogen-bond donors (Lipinski definition) is 2. The molecule has 0 fully saturated rings. The van der Waals surface area contributed by atoms with Crippen LogP contribution >= 0.6 is 0 Å². The van der Waals surface area contributed by atoms with E-state index in [1.54, 1.807) is 0 Å². The highest BCUT2D eigenvalue weighted by molar-refractivity contribution is 8.05. The lowest BCUT2D eigenvalue weighted by atomic mass is 10.00. The van der Waals surface area contributed by atoms with E-state index in [0.29, 0.717) is 0 Å². The minimum atomic E-state index is -5.58. The van der Waals surface area contributed by atoms with Crippen LogP contribution in [0.15, 0.2) is 53.8 Å². The summed E-state index contributed by atoms with van der Waals surface area (Å²) in [4.78, 5) is 19.9. The maximum atomic E-state index is 11.9. The zero-order valence-corrected chi connectivity index (χ0v) is 15.3. The van der Waals surface area contributed by atoms with Crippen LogP contribution in [0.5, 0.6) is 0 Å². The molecule has 0 atom stereocenters. The third-order valence-corrected chi connectivity index (χ3v) is 7.63. The van der Waals surface area contributed by atoms with E-state index in [2.05, 4.69) is 0 Å². The summed E-state index contributed by atoms with van der Waals surface area (Å²) < 4.78 is 63.2. The van der Waals surface area contributed by atoms with Crippen molar-refractivity contribution in [3.63, 3.8) is 0 Å². The first-order valence-electron chi connectivity index (χ1n) is 7.22. The lowest BCUT2D eigenvalue weighted by Gasteiger charge is -2.29. The molecule has 1 aliphatic rings. The second-order valence-corrected chi connectivity index (χ2v) is 9.15. The van der Waals surface area contributed by atoms with Gasteiger partial charge >= 0.3 is 0 Å². The molecule has 0 bridgehead atoms. The maximum Gasteiger partial charge on any atom is 0.292 e. The average Bonchev–Trinajstić information content (AvgIpc) is 2.58. The van der Waals surface area contributed by atoms with Gasteiger partial charge in [0.1, 0.15) is 0 Å². The molecule has 1 aromatic carbocycles. The van der Waals surface area contributed by atoms with E-state index >= 15 is 0 Å². The second-order valence-electron chi connectivity index (χ2n) is 5.60. The van der Waals surface area contributed by atoms with Crippen LogP contribution in [-0.4, -0.2) is 39.9 Å². The largest absolute Gasteiger partial charge is 0.292 e. The van der Waals surface area contributed by atoms with E-state index in [9.17, 15) is 46.2 Å². The van der Waals surface area contributed by atoms with Crippen molar-refractivity contribution in [3.05, 3.63) is 79.6 Å². The molecular weight excluding hydrogens is 420 g/mol. The monoisotopic (exact) mass is 432 g/mol. The van der Waals surface area contributed by atoms with Crippen molar-refractivity contribution in [1.29, 1.82) is 0 Å². The molecule has 2 N–H and O–H groups in total. The van der Waals surface area contributed by atoms with Gasteiger partial charge in [0, 0.05) is 18.2 Å². The Morgan fingerprint density at radius 3 is 1.86 bits per heavy atom. The van der Waals surface area contributed by atoms with Crippen LogP contribution < -0.4 is 0 Å². The van der Waals surface area contributed by atoms with E-state index in [1.807, 2.05) is 0 Å². The minimum absolute atomic E-state index is 0.224. The molecule has 0 radical (unpaired) electrons. The number of rotatable bonds is 6. The molecule has 0 heterocycles. The van der Waals surface area contributed by atoms with E-state index in [1.165, 1.54) is 12.1 Å². The molecule has 14 heteroatoms. The van der Waals surface area contributed by atoms with E-state index in [-0.39, 0.29) is 11.3 Å². The standard InChI is InChI=1S/C14H12N2O10S2/c17-15(18)12-6-2-10(3-7-12)1-4-11-5-8-13(16(19)20)9-14(11,27(21,22)23)28(24,25)26/h1-8H,9H2,(H,21,22,23)(H,24,25,26). The normalized spacial score (nSPS) is 17.1. The Kier molecular flexibility index (Phi) is 5.52. The number of nitro groups is 2. The summed E-state index contributed by atoms with van der Waals surface area (Å²) in [5.74, 6) is 0. The molecule has 0 amide bonds. The smallest absolute Gasteiger partial charge is 0.284 e. The van der Waals surface area contributed by atoms with Crippen molar-refractivity contribution >= 4 is 32.0 Å². The van der Waals surface area contributed by atoms with Gasteiger partial charge in [-0.05, 0) is 29.3 Å². The molecule has 0 saturated heterocycles. The fourth-order valence-electron chi connectivity index (χ4n) is 2.53. The Morgan fingerprint density at radius 1 is 0.893 bits per heavy atom. The van der Waals surface area contributed by atoms with Crippen LogP contribution in [0.4, 0.5) is 5.69 Å². The van der Waals surface area contributed by atoms with Crippen molar-refractivity contribution in [1.82, 2.24) is 0 Å². The second kappa shape index (κ2) is 7.23. The van der Waals surface area contributed by atoms with Crippen molar-refractivity contribution in [3.8, 4) is 0 Å². The van der Waals surface area contributed by atoms with Gasteiger partial charge in [0.15, 0.2) is 0 Å². The van der Waals surface area contributed by atoms with Crippen molar-refractivity contribution < 1.29 is 35.8 Å². The van der Waals surface area contributed by atoms with Crippen molar-refractivity contribution in [2.75, 3.05) is 0 Å². The lowest BCUT2D eigenvalue weighted by Crippen LogP contribution is -2.49. The Balaban J connectivity index is 2.62. The first kappa shape index (κ1) is 21.4. The van der Waals surface area contributed by atoms with Gasteiger partial charge in [-0.25, -0.2) is 0 Å². The topological polar surface area (TPSA) is 195 Å². The molecule has 0 spiro atoms. The molecule has 12 nitrogen and oxygen atoms in total. The zero-order valence-electron chi connectivity index (χ0n) is 13.7. The summed E-state index contributed by atoms with van der Waals surface area (Å²) in [6, 6.07) is 4.83. The SMILES string of the molecule is O=[N+]([O-])C1=CC=C(C=Cc2ccc([N+](=O)[O-])cc2)C(S(=O)(=O)O)(S(=O)(=O)O)C1. The molecular formula is C14H12N2O10S2. The van der Waals surface area contributed by atoms with Gasteiger partial charge in [-0.2, -0.15) is 16.8 Å². The highest BCUT2D eigenvalue weighted by atomic mass is 32.3. The van der Waals surface area contributed by atoms with Crippen LogP contribution in [0.25, 0.3) is 6.08 Å². The molecule has 2 rings (SSSR count). The molecule has 0 aliphatic heterocycles. The molecule has 0 aromatic heterocycles. The van der Waals surface area contributed by atoms with Gasteiger partial charge < -0.3 is 0 Å². The average molecular weight is 432 g/mol. The highest BCUT2D eigenvalue weighted by Crippen LogP contribution is 2.41. The zero-order chi connectivity index (χ0) is 21.3. The van der Waals surface area contributed by atoms with E-state index < -0.39 is 51.9 Å². The predicted octanol–water partition coefficient (Wildman–Crippen LogP) is 1.57. The van der Waals surface area contributed by atoms with Crippen molar-refractivity contribution in [2.45, 2.75) is 10.5 Å². The van der Waals surface area contributed by atoms with Gasteiger partial charge in [0.25, 0.3) is 30.0 Å².